The summed E-state index contributed by atoms with van der Waals surface area (Å²) in [5.74, 6) is -0.903. The van der Waals surface area contributed by atoms with E-state index in [9.17, 15) is 20.1 Å². The van der Waals surface area contributed by atoms with Crippen molar-refractivity contribution in [2.75, 3.05) is 6.54 Å². The molecule has 5 nitrogen and oxygen atoms in total. The van der Waals surface area contributed by atoms with Gasteiger partial charge in [0.05, 0.1) is 11.7 Å². The van der Waals surface area contributed by atoms with E-state index in [0.29, 0.717) is 5.56 Å². The van der Waals surface area contributed by atoms with Crippen molar-refractivity contribution in [2.45, 2.75) is 6.10 Å². The lowest BCUT2D eigenvalue weighted by Crippen LogP contribution is -2.28. The van der Waals surface area contributed by atoms with Gasteiger partial charge in [0, 0.05) is 6.54 Å². The van der Waals surface area contributed by atoms with E-state index in [-0.39, 0.29) is 23.6 Å². The van der Waals surface area contributed by atoms with Gasteiger partial charge in [0.1, 0.15) is 11.5 Å². The molecule has 1 atom stereocenters. The normalized spacial score (nSPS) is 11.8. The van der Waals surface area contributed by atoms with Crippen molar-refractivity contribution >= 4 is 5.91 Å². The number of hydrogen-bond acceptors (Lipinski definition) is 4. The molecule has 0 heterocycles. The number of amides is 1. The quantitative estimate of drug-likeness (QED) is 0.636. The van der Waals surface area contributed by atoms with Crippen molar-refractivity contribution in [1.82, 2.24) is 5.32 Å². The molecule has 2 aromatic carbocycles. The van der Waals surface area contributed by atoms with Crippen LogP contribution in [0.25, 0.3) is 0 Å². The second kappa shape index (κ2) is 6.08. The monoisotopic (exact) mass is 273 g/mol. The summed E-state index contributed by atoms with van der Waals surface area (Å²) in [5, 5.41) is 31.3. The van der Waals surface area contributed by atoms with Gasteiger partial charge in [-0.1, -0.05) is 30.3 Å². The summed E-state index contributed by atoms with van der Waals surface area (Å²) in [7, 11) is 0. The van der Waals surface area contributed by atoms with E-state index in [1.165, 1.54) is 18.2 Å². The predicted molar refractivity (Wildman–Crippen MR) is 73.5 cm³/mol. The minimum absolute atomic E-state index is 0.0118. The maximum Gasteiger partial charge on any atom is 0.255 e. The first kappa shape index (κ1) is 13.9. The standard InChI is InChI=1S/C15H15NO4/c17-11-6-7-13(18)12(8-11)15(20)16-9-14(19)10-4-2-1-3-5-10/h1-8,14,17-19H,9H2,(H,16,20). The van der Waals surface area contributed by atoms with Crippen molar-refractivity contribution in [3.05, 3.63) is 59.7 Å². The zero-order chi connectivity index (χ0) is 14.5. The van der Waals surface area contributed by atoms with Gasteiger partial charge in [-0.25, -0.2) is 0 Å². The van der Waals surface area contributed by atoms with Gasteiger partial charge >= 0.3 is 0 Å². The Morgan fingerprint density at radius 1 is 1.10 bits per heavy atom. The van der Waals surface area contributed by atoms with Crippen LogP contribution in [-0.4, -0.2) is 27.8 Å². The van der Waals surface area contributed by atoms with E-state index >= 15 is 0 Å². The summed E-state index contributed by atoms with van der Waals surface area (Å²) in [6.45, 7) is 0.0118. The van der Waals surface area contributed by atoms with Gasteiger partial charge in [-0.3, -0.25) is 4.79 Å². The Balaban J connectivity index is 2.00. The van der Waals surface area contributed by atoms with Crippen LogP contribution in [0.3, 0.4) is 0 Å². The number of carbonyl (C=O) groups excluding carboxylic acids is 1. The van der Waals surface area contributed by atoms with Gasteiger partial charge in [0.15, 0.2) is 0 Å². The zero-order valence-corrected chi connectivity index (χ0v) is 10.7. The van der Waals surface area contributed by atoms with Gasteiger partial charge in [-0.2, -0.15) is 0 Å². The maximum atomic E-state index is 11.9. The van der Waals surface area contributed by atoms with Crippen molar-refractivity contribution < 1.29 is 20.1 Å². The maximum absolute atomic E-state index is 11.9. The van der Waals surface area contributed by atoms with E-state index in [1.807, 2.05) is 6.07 Å². The number of rotatable bonds is 4. The Hall–Kier alpha value is -2.53. The van der Waals surface area contributed by atoms with Crippen LogP contribution >= 0.6 is 0 Å². The molecule has 0 aromatic heterocycles. The second-order valence-electron chi connectivity index (χ2n) is 4.34. The van der Waals surface area contributed by atoms with E-state index in [0.717, 1.165) is 0 Å². The molecule has 20 heavy (non-hydrogen) atoms. The molecule has 0 bridgehead atoms. The Morgan fingerprint density at radius 3 is 2.50 bits per heavy atom. The van der Waals surface area contributed by atoms with Crippen LogP contribution in [0, 0.1) is 0 Å². The van der Waals surface area contributed by atoms with Gasteiger partial charge in [0.25, 0.3) is 5.91 Å². The first-order valence-electron chi connectivity index (χ1n) is 6.11. The Kier molecular flexibility index (Phi) is 4.22. The molecule has 0 saturated carbocycles. The van der Waals surface area contributed by atoms with Gasteiger partial charge in [-0.15, -0.1) is 0 Å². The lowest BCUT2D eigenvalue weighted by molar-refractivity contribution is 0.0913. The highest BCUT2D eigenvalue weighted by Gasteiger charge is 2.14. The van der Waals surface area contributed by atoms with Crippen LogP contribution in [0.15, 0.2) is 48.5 Å². The number of carbonyl (C=O) groups is 1. The molecule has 2 aromatic rings. The lowest BCUT2D eigenvalue weighted by Gasteiger charge is -2.12. The molecule has 0 fully saturated rings. The Bertz CT molecular complexity index is 598. The topological polar surface area (TPSA) is 89.8 Å². The van der Waals surface area contributed by atoms with Crippen LogP contribution < -0.4 is 5.32 Å². The molecule has 1 unspecified atom stereocenters. The van der Waals surface area contributed by atoms with Gasteiger partial charge < -0.3 is 20.6 Å². The first-order valence-corrected chi connectivity index (χ1v) is 6.11. The van der Waals surface area contributed by atoms with Gasteiger partial charge in [-0.05, 0) is 23.8 Å². The zero-order valence-electron chi connectivity index (χ0n) is 10.7. The molecule has 0 saturated heterocycles. The van der Waals surface area contributed by atoms with Crippen molar-refractivity contribution in [3.8, 4) is 11.5 Å². The molecule has 0 aliphatic heterocycles. The number of phenolic OH excluding ortho intramolecular Hbond substituents is 2. The molecular weight excluding hydrogens is 258 g/mol. The fourth-order valence-electron chi connectivity index (χ4n) is 1.78. The highest BCUT2D eigenvalue weighted by atomic mass is 16.3. The minimum Gasteiger partial charge on any atom is -0.508 e. The van der Waals surface area contributed by atoms with Crippen LogP contribution in [0.1, 0.15) is 22.0 Å². The van der Waals surface area contributed by atoms with E-state index in [1.54, 1.807) is 24.3 Å². The molecule has 104 valence electrons. The smallest absolute Gasteiger partial charge is 0.255 e. The highest BCUT2D eigenvalue weighted by Crippen LogP contribution is 2.22. The Labute approximate surface area is 116 Å². The van der Waals surface area contributed by atoms with Crippen LogP contribution in [0.5, 0.6) is 11.5 Å². The molecule has 5 heteroatoms. The predicted octanol–water partition coefficient (Wildman–Crippen LogP) is 1.56. The van der Waals surface area contributed by atoms with E-state index in [2.05, 4.69) is 5.32 Å². The summed E-state index contributed by atoms with van der Waals surface area (Å²) in [6.07, 6.45) is -0.834. The van der Waals surface area contributed by atoms with Crippen molar-refractivity contribution in [1.29, 1.82) is 0 Å². The van der Waals surface area contributed by atoms with E-state index < -0.39 is 12.0 Å². The number of benzene rings is 2. The number of aromatic hydroxyl groups is 2. The molecule has 1 amide bonds. The molecule has 0 radical (unpaired) electrons. The van der Waals surface area contributed by atoms with Crippen LogP contribution in [0.4, 0.5) is 0 Å². The number of aliphatic hydroxyl groups is 1. The van der Waals surface area contributed by atoms with Crippen LogP contribution in [0.2, 0.25) is 0 Å². The third kappa shape index (κ3) is 3.27. The Morgan fingerprint density at radius 2 is 1.80 bits per heavy atom. The fourth-order valence-corrected chi connectivity index (χ4v) is 1.78. The average molecular weight is 273 g/mol. The summed E-state index contributed by atoms with van der Waals surface area (Å²) in [4.78, 5) is 11.9. The molecular formula is C15H15NO4. The fraction of sp³-hybridized carbons (Fsp3) is 0.133. The summed E-state index contributed by atoms with van der Waals surface area (Å²) in [5.41, 5.74) is 0.651. The summed E-state index contributed by atoms with van der Waals surface area (Å²) >= 11 is 0. The SMILES string of the molecule is O=C(NCC(O)c1ccccc1)c1cc(O)ccc1O. The average Bonchev–Trinajstić information content (AvgIpc) is 2.47. The number of aliphatic hydroxyl groups excluding tert-OH is 1. The summed E-state index contributed by atoms with van der Waals surface area (Å²) < 4.78 is 0. The molecule has 0 spiro atoms. The largest absolute Gasteiger partial charge is 0.508 e. The lowest BCUT2D eigenvalue weighted by atomic mass is 10.1. The van der Waals surface area contributed by atoms with Crippen molar-refractivity contribution in [3.63, 3.8) is 0 Å². The minimum atomic E-state index is -0.834. The third-order valence-electron chi connectivity index (χ3n) is 2.87. The highest BCUT2D eigenvalue weighted by molar-refractivity contribution is 5.97. The van der Waals surface area contributed by atoms with E-state index in [4.69, 9.17) is 0 Å². The van der Waals surface area contributed by atoms with Crippen LogP contribution in [-0.2, 0) is 0 Å². The molecule has 0 aliphatic carbocycles. The number of hydrogen-bond donors (Lipinski definition) is 4. The second-order valence-corrected chi connectivity index (χ2v) is 4.34. The molecule has 2 rings (SSSR count). The third-order valence-corrected chi connectivity index (χ3v) is 2.87. The number of nitrogens with one attached hydrogen (secondary N) is 1. The first-order chi connectivity index (χ1) is 9.58. The molecule has 0 aliphatic rings. The van der Waals surface area contributed by atoms with Gasteiger partial charge in [0.2, 0.25) is 0 Å². The van der Waals surface area contributed by atoms with Crippen molar-refractivity contribution in [2.24, 2.45) is 0 Å². The molecule has 4 N–H and O–H groups in total. The summed E-state index contributed by atoms with van der Waals surface area (Å²) in [6, 6.07) is 12.6. The number of phenols is 2.